The van der Waals surface area contributed by atoms with Crippen molar-refractivity contribution in [3.63, 3.8) is 0 Å². The lowest BCUT2D eigenvalue weighted by Crippen LogP contribution is -1.83. The number of rotatable bonds is 3. The zero-order chi connectivity index (χ0) is 9.23. The van der Waals surface area contributed by atoms with Crippen molar-refractivity contribution in [1.82, 2.24) is 0 Å². The first-order chi connectivity index (χ1) is 5.77. The Bertz CT molecular complexity index is 62.5. The van der Waals surface area contributed by atoms with E-state index >= 15 is 0 Å². The second-order valence-electron chi connectivity index (χ2n) is 4.30. The molecule has 13 heavy (non-hydrogen) atoms. The van der Waals surface area contributed by atoms with E-state index in [1.165, 1.54) is 51.4 Å². The van der Waals surface area contributed by atoms with Crippen LogP contribution in [0.5, 0.6) is 0 Å². The summed E-state index contributed by atoms with van der Waals surface area (Å²) in [5.74, 6) is 0.903. The zero-order valence-corrected chi connectivity index (χ0v) is 9.23. The first-order valence-corrected chi connectivity index (χ1v) is 5.77. The van der Waals surface area contributed by atoms with E-state index in [-0.39, 0.29) is 7.43 Å². The third-order valence-electron chi connectivity index (χ3n) is 2.39. The van der Waals surface area contributed by atoms with Gasteiger partial charge in [0.25, 0.3) is 0 Å². The molecule has 0 N–H and O–H groups in total. The molecule has 0 aromatic heterocycles. The van der Waals surface area contributed by atoms with Crippen LogP contribution in [0.2, 0.25) is 0 Å². The Balaban J connectivity index is 0. The molecule has 0 radical (unpaired) electrons. The normalized spacial score (nSPS) is 14.8. The van der Waals surface area contributed by atoms with Crippen molar-refractivity contribution < 1.29 is 0 Å². The fraction of sp³-hybridized carbons (Fsp3) is 1.00. The molecule has 1 aliphatic carbocycles. The smallest absolute Gasteiger partial charge is 0.0471 e. The van der Waals surface area contributed by atoms with Gasteiger partial charge in [0.1, 0.15) is 0 Å². The monoisotopic (exact) mass is 186 g/mol. The van der Waals surface area contributed by atoms with Gasteiger partial charge in [0.05, 0.1) is 0 Å². The first-order valence-electron chi connectivity index (χ1n) is 5.77. The standard InChI is InChI=1S/C7H16.C5H10.CH4/c1-4-5-6-7(2)3;1-2-4-5-3-1;/h7H,4-6H2,1-3H3;1-5H2;1H4. The van der Waals surface area contributed by atoms with E-state index in [9.17, 15) is 0 Å². The number of hydrogen-bond donors (Lipinski definition) is 0. The van der Waals surface area contributed by atoms with E-state index in [0.29, 0.717) is 0 Å². The van der Waals surface area contributed by atoms with Gasteiger partial charge >= 0.3 is 0 Å². The minimum Gasteiger partial charge on any atom is -0.0776 e. The van der Waals surface area contributed by atoms with Gasteiger partial charge in [0.15, 0.2) is 0 Å². The average molecular weight is 186 g/mol. The molecular formula is C13H30. The molecule has 0 unspecified atom stereocenters. The second kappa shape index (κ2) is 12.0. The van der Waals surface area contributed by atoms with Gasteiger partial charge in [0.2, 0.25) is 0 Å². The van der Waals surface area contributed by atoms with Crippen LogP contribution in [0.3, 0.4) is 0 Å². The molecule has 0 aliphatic heterocycles. The van der Waals surface area contributed by atoms with Gasteiger partial charge in [0, 0.05) is 0 Å². The van der Waals surface area contributed by atoms with Crippen molar-refractivity contribution in [2.24, 2.45) is 5.92 Å². The molecule has 0 amide bonds. The Kier molecular flexibility index (Phi) is 14.3. The first kappa shape index (κ1) is 15.5. The largest absolute Gasteiger partial charge is 0.0776 e. The molecule has 1 fully saturated rings. The van der Waals surface area contributed by atoms with Crippen LogP contribution in [0.15, 0.2) is 0 Å². The minimum atomic E-state index is 0. The van der Waals surface area contributed by atoms with E-state index in [1.54, 1.807) is 0 Å². The van der Waals surface area contributed by atoms with Crippen molar-refractivity contribution in [2.45, 2.75) is 79.6 Å². The van der Waals surface area contributed by atoms with Crippen molar-refractivity contribution in [2.75, 3.05) is 0 Å². The third-order valence-corrected chi connectivity index (χ3v) is 2.39. The molecule has 0 spiro atoms. The molecule has 0 nitrogen and oxygen atoms in total. The van der Waals surface area contributed by atoms with E-state index in [4.69, 9.17) is 0 Å². The predicted molar refractivity (Wildman–Crippen MR) is 64.2 cm³/mol. The summed E-state index contributed by atoms with van der Waals surface area (Å²) in [6.07, 6.45) is 11.6. The lowest BCUT2D eigenvalue weighted by molar-refractivity contribution is 0.550. The van der Waals surface area contributed by atoms with Crippen LogP contribution in [0.1, 0.15) is 79.6 Å². The van der Waals surface area contributed by atoms with Crippen LogP contribution in [-0.4, -0.2) is 0 Å². The Hall–Kier alpha value is 0. The predicted octanol–water partition coefficient (Wildman–Crippen LogP) is 5.42. The van der Waals surface area contributed by atoms with Gasteiger partial charge in [-0.05, 0) is 5.92 Å². The molecule has 82 valence electrons. The van der Waals surface area contributed by atoms with Crippen LogP contribution in [0.4, 0.5) is 0 Å². The van der Waals surface area contributed by atoms with Crippen LogP contribution in [0.25, 0.3) is 0 Å². The Morgan fingerprint density at radius 2 is 1.31 bits per heavy atom. The maximum atomic E-state index is 2.27. The quantitative estimate of drug-likeness (QED) is 0.552. The number of hydrogen-bond acceptors (Lipinski definition) is 0. The lowest BCUT2D eigenvalue weighted by atomic mass is 10.1. The fourth-order valence-corrected chi connectivity index (χ4v) is 1.50. The molecule has 0 bridgehead atoms. The highest BCUT2D eigenvalue weighted by atomic mass is 14.0. The highest BCUT2D eigenvalue weighted by molar-refractivity contribution is 4.51. The SMILES string of the molecule is C.C1CCCC1.CCCCC(C)C. The van der Waals surface area contributed by atoms with Crippen LogP contribution < -0.4 is 0 Å². The van der Waals surface area contributed by atoms with Gasteiger partial charge in [-0.15, -0.1) is 0 Å². The van der Waals surface area contributed by atoms with E-state index < -0.39 is 0 Å². The van der Waals surface area contributed by atoms with Crippen molar-refractivity contribution >= 4 is 0 Å². The molecule has 0 aromatic rings. The molecule has 0 saturated heterocycles. The summed E-state index contributed by atoms with van der Waals surface area (Å²) in [5, 5.41) is 0. The highest BCUT2D eigenvalue weighted by Gasteiger charge is 1.95. The van der Waals surface area contributed by atoms with Crippen molar-refractivity contribution in [3.8, 4) is 0 Å². The molecule has 0 heterocycles. The van der Waals surface area contributed by atoms with E-state index in [1.807, 2.05) is 0 Å². The third kappa shape index (κ3) is 14.8. The van der Waals surface area contributed by atoms with Gasteiger partial charge in [-0.2, -0.15) is 0 Å². The van der Waals surface area contributed by atoms with Gasteiger partial charge < -0.3 is 0 Å². The molecule has 1 saturated carbocycles. The topological polar surface area (TPSA) is 0 Å². The van der Waals surface area contributed by atoms with Crippen LogP contribution in [0, 0.1) is 5.92 Å². The van der Waals surface area contributed by atoms with Gasteiger partial charge in [-0.1, -0.05) is 79.6 Å². The van der Waals surface area contributed by atoms with E-state index in [2.05, 4.69) is 20.8 Å². The summed E-state index contributed by atoms with van der Waals surface area (Å²) in [4.78, 5) is 0. The average Bonchev–Trinajstić information content (AvgIpc) is 2.57. The number of unbranched alkanes of at least 4 members (excludes halogenated alkanes) is 1. The summed E-state index contributed by atoms with van der Waals surface area (Å²) in [5.41, 5.74) is 0. The summed E-state index contributed by atoms with van der Waals surface area (Å²) >= 11 is 0. The summed E-state index contributed by atoms with van der Waals surface area (Å²) in [6.45, 7) is 6.79. The van der Waals surface area contributed by atoms with E-state index in [0.717, 1.165) is 5.92 Å². The molecule has 1 aliphatic rings. The Labute approximate surface area is 86.1 Å². The molecule has 0 atom stereocenters. The summed E-state index contributed by atoms with van der Waals surface area (Å²) in [7, 11) is 0. The second-order valence-corrected chi connectivity index (χ2v) is 4.30. The summed E-state index contributed by atoms with van der Waals surface area (Å²) in [6, 6.07) is 0. The fourth-order valence-electron chi connectivity index (χ4n) is 1.50. The molecular weight excluding hydrogens is 156 g/mol. The maximum absolute atomic E-state index is 2.27. The van der Waals surface area contributed by atoms with Crippen molar-refractivity contribution in [3.05, 3.63) is 0 Å². The highest BCUT2D eigenvalue weighted by Crippen LogP contribution is 2.15. The minimum absolute atomic E-state index is 0. The van der Waals surface area contributed by atoms with Gasteiger partial charge in [-0.25, -0.2) is 0 Å². The summed E-state index contributed by atoms with van der Waals surface area (Å²) < 4.78 is 0. The zero-order valence-electron chi connectivity index (χ0n) is 9.23. The van der Waals surface area contributed by atoms with Gasteiger partial charge in [-0.3, -0.25) is 0 Å². The van der Waals surface area contributed by atoms with Crippen LogP contribution >= 0.6 is 0 Å². The molecule has 0 heteroatoms. The molecule has 1 rings (SSSR count). The Morgan fingerprint density at radius 1 is 0.923 bits per heavy atom. The molecule has 0 aromatic carbocycles. The lowest BCUT2D eigenvalue weighted by Gasteiger charge is -1.98. The maximum Gasteiger partial charge on any atom is -0.0471 e. The van der Waals surface area contributed by atoms with Crippen LogP contribution in [-0.2, 0) is 0 Å². The Morgan fingerprint density at radius 3 is 1.46 bits per heavy atom. The van der Waals surface area contributed by atoms with Crippen molar-refractivity contribution in [1.29, 1.82) is 0 Å².